The quantitative estimate of drug-likeness (QED) is 0.632. The second kappa shape index (κ2) is 6.71. The molecular formula is C15H27NO3. The van der Waals surface area contributed by atoms with Gasteiger partial charge in [0.15, 0.2) is 0 Å². The molecule has 4 nitrogen and oxygen atoms in total. The van der Waals surface area contributed by atoms with Crippen molar-refractivity contribution in [1.29, 1.82) is 0 Å². The van der Waals surface area contributed by atoms with Crippen molar-refractivity contribution in [3.05, 3.63) is 0 Å². The van der Waals surface area contributed by atoms with Crippen molar-refractivity contribution < 1.29 is 14.6 Å². The van der Waals surface area contributed by atoms with Gasteiger partial charge in [-0.15, -0.1) is 0 Å². The fourth-order valence-electron chi connectivity index (χ4n) is 2.97. The fourth-order valence-corrected chi connectivity index (χ4v) is 2.97. The highest BCUT2D eigenvalue weighted by Crippen LogP contribution is 2.28. The third-order valence-corrected chi connectivity index (χ3v) is 4.47. The summed E-state index contributed by atoms with van der Waals surface area (Å²) in [6.45, 7) is 2.66. The van der Waals surface area contributed by atoms with Gasteiger partial charge < -0.3 is 9.84 Å². The zero-order chi connectivity index (χ0) is 13.7. The maximum atomic E-state index is 11.6. The standard InChI is InChI=1S/C15H27NO3/c1-2-15(14(17)18,16-12-8-9-12)10-5-11-19-13-6-3-4-7-13/h12-13,16H,2-11H2,1H3,(H,17,18). The summed E-state index contributed by atoms with van der Waals surface area (Å²) in [5.74, 6) is -0.706. The molecule has 0 bridgehead atoms. The second-order valence-electron chi connectivity index (χ2n) is 6.04. The number of hydrogen-bond acceptors (Lipinski definition) is 3. The van der Waals surface area contributed by atoms with Crippen LogP contribution >= 0.6 is 0 Å². The first kappa shape index (κ1) is 14.8. The first-order valence-electron chi connectivity index (χ1n) is 7.79. The molecule has 110 valence electrons. The Labute approximate surface area is 115 Å². The molecule has 2 aliphatic carbocycles. The van der Waals surface area contributed by atoms with Crippen LogP contribution in [-0.2, 0) is 9.53 Å². The van der Waals surface area contributed by atoms with Crippen LogP contribution in [0.1, 0.15) is 64.7 Å². The molecule has 2 saturated carbocycles. The number of carbonyl (C=O) groups is 1. The maximum absolute atomic E-state index is 11.6. The van der Waals surface area contributed by atoms with Crippen LogP contribution in [0.5, 0.6) is 0 Å². The molecule has 0 spiro atoms. The zero-order valence-corrected chi connectivity index (χ0v) is 12.0. The van der Waals surface area contributed by atoms with Crippen molar-refractivity contribution in [2.24, 2.45) is 0 Å². The molecule has 0 aromatic carbocycles. The van der Waals surface area contributed by atoms with E-state index in [-0.39, 0.29) is 0 Å². The molecule has 1 atom stereocenters. The maximum Gasteiger partial charge on any atom is 0.323 e. The summed E-state index contributed by atoms with van der Waals surface area (Å²) in [5, 5.41) is 12.8. The van der Waals surface area contributed by atoms with Crippen LogP contribution in [0.15, 0.2) is 0 Å². The van der Waals surface area contributed by atoms with Crippen molar-refractivity contribution in [1.82, 2.24) is 5.32 Å². The predicted octanol–water partition coefficient (Wildman–Crippen LogP) is 2.71. The van der Waals surface area contributed by atoms with E-state index in [1.807, 2.05) is 6.92 Å². The summed E-state index contributed by atoms with van der Waals surface area (Å²) in [7, 11) is 0. The third-order valence-electron chi connectivity index (χ3n) is 4.47. The molecule has 19 heavy (non-hydrogen) atoms. The second-order valence-corrected chi connectivity index (χ2v) is 6.04. The molecule has 2 aliphatic rings. The number of nitrogens with one attached hydrogen (secondary N) is 1. The molecule has 1 unspecified atom stereocenters. The van der Waals surface area contributed by atoms with Crippen LogP contribution in [0, 0.1) is 0 Å². The van der Waals surface area contributed by atoms with Crippen molar-refractivity contribution in [3.63, 3.8) is 0 Å². The zero-order valence-electron chi connectivity index (χ0n) is 12.0. The van der Waals surface area contributed by atoms with E-state index in [0.29, 0.717) is 31.6 Å². The Kier molecular flexibility index (Phi) is 5.22. The summed E-state index contributed by atoms with van der Waals surface area (Å²) in [5.41, 5.74) is -0.736. The highest BCUT2D eigenvalue weighted by atomic mass is 16.5. The van der Waals surface area contributed by atoms with E-state index in [1.165, 1.54) is 25.7 Å². The van der Waals surface area contributed by atoms with Crippen LogP contribution in [0.3, 0.4) is 0 Å². The van der Waals surface area contributed by atoms with Crippen molar-refractivity contribution in [3.8, 4) is 0 Å². The minimum Gasteiger partial charge on any atom is -0.480 e. The average Bonchev–Trinajstić information content (AvgIpc) is 3.05. The summed E-state index contributed by atoms with van der Waals surface area (Å²) in [4.78, 5) is 11.6. The lowest BCUT2D eigenvalue weighted by Gasteiger charge is -2.30. The van der Waals surface area contributed by atoms with E-state index in [0.717, 1.165) is 19.3 Å². The molecule has 0 heterocycles. The highest BCUT2D eigenvalue weighted by Gasteiger charge is 2.40. The molecule has 0 aromatic rings. The Morgan fingerprint density at radius 1 is 1.32 bits per heavy atom. The number of ether oxygens (including phenoxy) is 1. The minimum absolute atomic E-state index is 0.423. The van der Waals surface area contributed by atoms with E-state index in [9.17, 15) is 9.90 Å². The lowest BCUT2D eigenvalue weighted by Crippen LogP contribution is -2.52. The summed E-state index contributed by atoms with van der Waals surface area (Å²) in [6.07, 6.45) is 9.72. The van der Waals surface area contributed by atoms with Gasteiger partial charge in [-0.3, -0.25) is 10.1 Å². The Hall–Kier alpha value is -0.610. The fraction of sp³-hybridized carbons (Fsp3) is 0.933. The van der Waals surface area contributed by atoms with E-state index >= 15 is 0 Å². The van der Waals surface area contributed by atoms with Gasteiger partial charge in [0.25, 0.3) is 0 Å². The molecule has 2 fully saturated rings. The number of carboxylic acid groups (broad SMARTS) is 1. The van der Waals surface area contributed by atoms with Gasteiger partial charge in [0, 0.05) is 12.6 Å². The minimum atomic E-state index is -0.736. The van der Waals surface area contributed by atoms with Gasteiger partial charge in [-0.1, -0.05) is 19.8 Å². The third kappa shape index (κ3) is 4.18. The summed E-state index contributed by atoms with van der Waals surface area (Å²) in [6, 6.07) is 0.423. The summed E-state index contributed by atoms with van der Waals surface area (Å²) >= 11 is 0. The topological polar surface area (TPSA) is 58.6 Å². The molecule has 0 aromatic heterocycles. The van der Waals surface area contributed by atoms with Gasteiger partial charge in [0.2, 0.25) is 0 Å². The number of aliphatic carboxylic acids is 1. The van der Waals surface area contributed by atoms with E-state index < -0.39 is 11.5 Å². The van der Waals surface area contributed by atoms with Gasteiger partial charge in [-0.2, -0.15) is 0 Å². The van der Waals surface area contributed by atoms with Gasteiger partial charge in [0.1, 0.15) is 5.54 Å². The van der Waals surface area contributed by atoms with Crippen LogP contribution < -0.4 is 5.32 Å². The lowest BCUT2D eigenvalue weighted by atomic mass is 9.90. The SMILES string of the molecule is CCC(CCCOC1CCCC1)(NC1CC1)C(=O)O. The number of hydrogen-bond donors (Lipinski definition) is 2. The first-order chi connectivity index (χ1) is 9.16. The van der Waals surface area contributed by atoms with E-state index in [2.05, 4.69) is 5.32 Å². The molecule has 4 heteroatoms. The molecular weight excluding hydrogens is 242 g/mol. The Balaban J connectivity index is 1.73. The number of rotatable bonds is 9. The monoisotopic (exact) mass is 269 g/mol. The van der Waals surface area contributed by atoms with Gasteiger partial charge >= 0.3 is 5.97 Å². The first-order valence-corrected chi connectivity index (χ1v) is 7.79. The van der Waals surface area contributed by atoms with Crippen molar-refractivity contribution in [2.45, 2.75) is 82.4 Å². The van der Waals surface area contributed by atoms with Crippen LogP contribution in [-0.4, -0.2) is 35.4 Å². The summed E-state index contributed by atoms with van der Waals surface area (Å²) < 4.78 is 5.82. The van der Waals surface area contributed by atoms with Gasteiger partial charge in [-0.25, -0.2) is 0 Å². The van der Waals surface area contributed by atoms with E-state index in [1.54, 1.807) is 0 Å². The highest BCUT2D eigenvalue weighted by molar-refractivity contribution is 5.78. The molecule has 0 radical (unpaired) electrons. The van der Waals surface area contributed by atoms with Crippen molar-refractivity contribution in [2.75, 3.05) is 6.61 Å². The Morgan fingerprint density at radius 2 is 2.00 bits per heavy atom. The normalized spacial score (nSPS) is 23.4. The average molecular weight is 269 g/mol. The van der Waals surface area contributed by atoms with Gasteiger partial charge in [-0.05, 0) is 44.9 Å². The van der Waals surface area contributed by atoms with Crippen LogP contribution in [0.2, 0.25) is 0 Å². The molecule has 0 aliphatic heterocycles. The van der Waals surface area contributed by atoms with E-state index in [4.69, 9.17) is 4.74 Å². The van der Waals surface area contributed by atoms with Crippen LogP contribution in [0.25, 0.3) is 0 Å². The number of carboxylic acids is 1. The Bertz CT molecular complexity index is 298. The van der Waals surface area contributed by atoms with Crippen LogP contribution in [0.4, 0.5) is 0 Å². The van der Waals surface area contributed by atoms with Gasteiger partial charge in [0.05, 0.1) is 6.10 Å². The molecule has 0 saturated heterocycles. The Morgan fingerprint density at radius 3 is 2.53 bits per heavy atom. The molecule has 0 amide bonds. The molecule has 2 N–H and O–H groups in total. The predicted molar refractivity (Wildman–Crippen MR) is 74.3 cm³/mol. The lowest BCUT2D eigenvalue weighted by molar-refractivity contribution is -0.145. The molecule has 2 rings (SSSR count). The smallest absolute Gasteiger partial charge is 0.323 e. The largest absolute Gasteiger partial charge is 0.480 e. The van der Waals surface area contributed by atoms with Crippen molar-refractivity contribution >= 4 is 5.97 Å².